The van der Waals surface area contributed by atoms with Crippen molar-refractivity contribution in [3.8, 4) is 11.4 Å². The summed E-state index contributed by atoms with van der Waals surface area (Å²) in [5.41, 5.74) is 8.78. The van der Waals surface area contributed by atoms with Gasteiger partial charge in [0.25, 0.3) is 0 Å². The molecule has 3 N–H and O–H groups in total. The summed E-state index contributed by atoms with van der Waals surface area (Å²) in [5.74, 6) is 1.84. The Hall–Kier alpha value is -2.88. The zero-order chi connectivity index (χ0) is 14.7. The van der Waals surface area contributed by atoms with Crippen LogP contribution in [0.5, 0.6) is 0 Å². The van der Waals surface area contributed by atoms with Gasteiger partial charge in [0.2, 0.25) is 0 Å². The largest absolute Gasteiger partial charge is 0.383 e. The molecule has 0 bridgehead atoms. The summed E-state index contributed by atoms with van der Waals surface area (Å²) in [6.07, 6.45) is 0. The zero-order valence-electron chi connectivity index (χ0n) is 11.7. The van der Waals surface area contributed by atoms with Crippen molar-refractivity contribution in [1.82, 2.24) is 9.97 Å². The predicted octanol–water partition coefficient (Wildman–Crippen LogP) is 3.78. The second kappa shape index (κ2) is 5.63. The lowest BCUT2D eigenvalue weighted by Gasteiger charge is -2.12. The molecule has 21 heavy (non-hydrogen) atoms. The first kappa shape index (κ1) is 13.1. The molecule has 0 radical (unpaired) electrons. The fraction of sp³-hybridized carbons (Fsp3) is 0.0588. The molecule has 1 heterocycles. The van der Waals surface area contributed by atoms with Gasteiger partial charge in [-0.05, 0) is 19.1 Å². The highest BCUT2D eigenvalue weighted by Crippen LogP contribution is 2.25. The lowest BCUT2D eigenvalue weighted by atomic mass is 10.2. The molecule has 0 saturated heterocycles. The fourth-order valence-electron chi connectivity index (χ4n) is 2.03. The van der Waals surface area contributed by atoms with Crippen LogP contribution >= 0.6 is 0 Å². The molecule has 0 aliphatic rings. The average Bonchev–Trinajstić information content (AvgIpc) is 2.53. The summed E-state index contributed by atoms with van der Waals surface area (Å²) in [6, 6.07) is 19.7. The van der Waals surface area contributed by atoms with Crippen LogP contribution in [0.1, 0.15) is 5.56 Å². The highest BCUT2D eigenvalue weighted by Gasteiger charge is 2.10. The van der Waals surface area contributed by atoms with Crippen molar-refractivity contribution in [3.63, 3.8) is 0 Å². The summed E-state index contributed by atoms with van der Waals surface area (Å²) in [6.45, 7) is 1.91. The van der Waals surface area contributed by atoms with Crippen LogP contribution in [0.2, 0.25) is 0 Å². The van der Waals surface area contributed by atoms with Gasteiger partial charge in [-0.15, -0.1) is 0 Å². The minimum Gasteiger partial charge on any atom is -0.383 e. The molecule has 0 amide bonds. The summed E-state index contributed by atoms with van der Waals surface area (Å²) < 4.78 is 0. The van der Waals surface area contributed by atoms with Crippen molar-refractivity contribution < 1.29 is 0 Å². The minimum atomic E-state index is 0.488. The van der Waals surface area contributed by atoms with Crippen LogP contribution in [-0.2, 0) is 0 Å². The number of rotatable bonds is 3. The Balaban J connectivity index is 2.02. The van der Waals surface area contributed by atoms with E-state index in [4.69, 9.17) is 5.73 Å². The molecule has 0 atom stereocenters. The van der Waals surface area contributed by atoms with Gasteiger partial charge in [0.1, 0.15) is 11.6 Å². The summed E-state index contributed by atoms with van der Waals surface area (Å²) in [5, 5.41) is 3.29. The van der Waals surface area contributed by atoms with Gasteiger partial charge in [0, 0.05) is 16.8 Å². The molecule has 0 unspecified atom stereocenters. The zero-order valence-corrected chi connectivity index (χ0v) is 11.7. The predicted molar refractivity (Wildman–Crippen MR) is 86.3 cm³/mol. The monoisotopic (exact) mass is 276 g/mol. The number of aromatic nitrogens is 2. The molecule has 0 aliphatic heterocycles. The molecule has 1 aromatic heterocycles. The van der Waals surface area contributed by atoms with Gasteiger partial charge in [0.15, 0.2) is 5.82 Å². The molecule has 104 valence electrons. The molecule has 4 heteroatoms. The van der Waals surface area contributed by atoms with E-state index in [1.54, 1.807) is 0 Å². The number of hydrogen-bond donors (Lipinski definition) is 2. The number of nitrogens with one attached hydrogen (secondary N) is 1. The van der Waals surface area contributed by atoms with E-state index >= 15 is 0 Å². The highest BCUT2D eigenvalue weighted by atomic mass is 15.1. The first-order valence-electron chi connectivity index (χ1n) is 6.75. The van der Waals surface area contributed by atoms with Crippen LogP contribution in [0.25, 0.3) is 11.4 Å². The number of anilines is 3. The highest BCUT2D eigenvalue weighted by molar-refractivity contribution is 5.68. The molecular formula is C17H16N4. The van der Waals surface area contributed by atoms with E-state index in [-0.39, 0.29) is 0 Å². The standard InChI is InChI=1S/C17H16N4/c1-12-15(18)20-17(13-8-4-2-5-9-13)21-16(12)19-14-10-6-3-7-11-14/h2-11H,1H3,(H3,18,19,20,21). The van der Waals surface area contributed by atoms with E-state index in [1.165, 1.54) is 0 Å². The molecule has 0 saturated carbocycles. The van der Waals surface area contributed by atoms with Crippen LogP contribution < -0.4 is 11.1 Å². The number of nitrogens with two attached hydrogens (primary N) is 1. The molecule has 0 fully saturated rings. The third-order valence-electron chi connectivity index (χ3n) is 3.25. The van der Waals surface area contributed by atoms with Gasteiger partial charge in [0.05, 0.1) is 0 Å². The number of benzene rings is 2. The topological polar surface area (TPSA) is 63.8 Å². The molecule has 3 rings (SSSR count). The lowest BCUT2D eigenvalue weighted by molar-refractivity contribution is 1.15. The van der Waals surface area contributed by atoms with Crippen molar-refractivity contribution in [2.75, 3.05) is 11.1 Å². The van der Waals surface area contributed by atoms with E-state index in [2.05, 4.69) is 15.3 Å². The van der Waals surface area contributed by atoms with Crippen molar-refractivity contribution in [2.45, 2.75) is 6.92 Å². The van der Waals surface area contributed by atoms with Crippen molar-refractivity contribution in [1.29, 1.82) is 0 Å². The Morgan fingerprint density at radius 3 is 2.14 bits per heavy atom. The normalized spacial score (nSPS) is 10.3. The number of nitrogen functional groups attached to an aromatic ring is 1. The maximum atomic E-state index is 6.02. The summed E-state index contributed by atoms with van der Waals surface area (Å²) >= 11 is 0. The molecular weight excluding hydrogens is 260 g/mol. The second-order valence-electron chi connectivity index (χ2n) is 4.76. The first-order valence-corrected chi connectivity index (χ1v) is 6.75. The smallest absolute Gasteiger partial charge is 0.163 e. The second-order valence-corrected chi connectivity index (χ2v) is 4.76. The van der Waals surface area contributed by atoms with E-state index in [1.807, 2.05) is 67.6 Å². The third-order valence-corrected chi connectivity index (χ3v) is 3.25. The Morgan fingerprint density at radius 2 is 1.48 bits per heavy atom. The summed E-state index contributed by atoms with van der Waals surface area (Å²) in [4.78, 5) is 8.97. The molecule has 3 aromatic rings. The van der Waals surface area contributed by atoms with Crippen molar-refractivity contribution in [3.05, 3.63) is 66.2 Å². The SMILES string of the molecule is Cc1c(N)nc(-c2ccccc2)nc1Nc1ccccc1. The van der Waals surface area contributed by atoms with Gasteiger partial charge in [-0.2, -0.15) is 0 Å². The maximum absolute atomic E-state index is 6.02. The Labute approximate surface area is 123 Å². The van der Waals surface area contributed by atoms with Gasteiger partial charge < -0.3 is 11.1 Å². The number of hydrogen-bond acceptors (Lipinski definition) is 4. The van der Waals surface area contributed by atoms with E-state index < -0.39 is 0 Å². The maximum Gasteiger partial charge on any atom is 0.163 e. The van der Waals surface area contributed by atoms with Crippen molar-refractivity contribution in [2.24, 2.45) is 0 Å². The van der Waals surface area contributed by atoms with Gasteiger partial charge >= 0.3 is 0 Å². The Morgan fingerprint density at radius 1 is 0.857 bits per heavy atom. The minimum absolute atomic E-state index is 0.488. The van der Waals surface area contributed by atoms with E-state index in [9.17, 15) is 0 Å². The Kier molecular flexibility index (Phi) is 3.51. The lowest BCUT2D eigenvalue weighted by Crippen LogP contribution is -2.04. The van der Waals surface area contributed by atoms with E-state index in [0.717, 1.165) is 22.6 Å². The molecule has 2 aromatic carbocycles. The quantitative estimate of drug-likeness (QED) is 0.764. The average molecular weight is 276 g/mol. The first-order chi connectivity index (χ1) is 10.2. The van der Waals surface area contributed by atoms with E-state index in [0.29, 0.717) is 11.6 Å². The van der Waals surface area contributed by atoms with Crippen LogP contribution in [-0.4, -0.2) is 9.97 Å². The third kappa shape index (κ3) is 2.84. The summed E-state index contributed by atoms with van der Waals surface area (Å²) in [7, 11) is 0. The number of para-hydroxylation sites is 1. The molecule has 4 nitrogen and oxygen atoms in total. The van der Waals surface area contributed by atoms with Gasteiger partial charge in [-0.1, -0.05) is 48.5 Å². The van der Waals surface area contributed by atoms with Gasteiger partial charge in [-0.25, -0.2) is 9.97 Å². The van der Waals surface area contributed by atoms with Crippen LogP contribution in [0.3, 0.4) is 0 Å². The van der Waals surface area contributed by atoms with Crippen LogP contribution in [0, 0.1) is 6.92 Å². The van der Waals surface area contributed by atoms with Gasteiger partial charge in [-0.3, -0.25) is 0 Å². The fourth-order valence-corrected chi connectivity index (χ4v) is 2.03. The molecule has 0 aliphatic carbocycles. The van der Waals surface area contributed by atoms with Crippen molar-refractivity contribution >= 4 is 17.3 Å². The van der Waals surface area contributed by atoms with Crippen LogP contribution in [0.4, 0.5) is 17.3 Å². The molecule has 0 spiro atoms. The van der Waals surface area contributed by atoms with Crippen LogP contribution in [0.15, 0.2) is 60.7 Å². The number of nitrogens with zero attached hydrogens (tertiary/aromatic N) is 2. The Bertz CT molecular complexity index is 739.